The average molecular weight is 268 g/mol. The number of sulfone groups is 1. The van der Waals surface area contributed by atoms with Crippen LogP contribution in [-0.4, -0.2) is 27.2 Å². The van der Waals surface area contributed by atoms with E-state index in [4.69, 9.17) is 0 Å². The highest BCUT2D eigenvalue weighted by molar-refractivity contribution is 7.90. The Bertz CT molecular complexity index is 550. The first-order valence-electron chi connectivity index (χ1n) is 5.81. The van der Waals surface area contributed by atoms with Crippen LogP contribution in [0.1, 0.15) is 12.8 Å². The quantitative estimate of drug-likeness (QED) is 0.871. The highest BCUT2D eigenvalue weighted by Gasteiger charge is 2.22. The van der Waals surface area contributed by atoms with Crippen LogP contribution in [0, 0.1) is 5.92 Å². The van der Waals surface area contributed by atoms with Crippen LogP contribution in [0.5, 0.6) is 0 Å². The van der Waals surface area contributed by atoms with Gasteiger partial charge in [-0.2, -0.15) is 0 Å². The van der Waals surface area contributed by atoms with Crippen LogP contribution in [-0.2, 0) is 9.84 Å². The summed E-state index contributed by atoms with van der Waals surface area (Å²) in [6, 6.07) is 6.01. The monoisotopic (exact) mass is 268 g/mol. The van der Waals surface area contributed by atoms with Gasteiger partial charge in [-0.3, -0.25) is 0 Å². The molecule has 0 aromatic heterocycles. The summed E-state index contributed by atoms with van der Waals surface area (Å²) in [4.78, 5) is 11.7. The first kappa shape index (κ1) is 12.9. The molecule has 2 rings (SSSR count). The minimum absolute atomic E-state index is 0.131. The second kappa shape index (κ2) is 4.97. The maximum atomic E-state index is 11.6. The molecule has 1 aliphatic rings. The SMILES string of the molecule is CS(=O)(=O)c1ccccc1NC(=O)NCC1CC1. The molecule has 0 atom stereocenters. The molecule has 1 fully saturated rings. The minimum Gasteiger partial charge on any atom is -0.338 e. The molecule has 0 unspecified atom stereocenters. The fourth-order valence-electron chi connectivity index (χ4n) is 1.62. The largest absolute Gasteiger partial charge is 0.338 e. The van der Waals surface area contributed by atoms with Crippen molar-refractivity contribution in [1.29, 1.82) is 0 Å². The van der Waals surface area contributed by atoms with Crippen LogP contribution in [0.15, 0.2) is 29.2 Å². The Morgan fingerprint density at radius 2 is 2.00 bits per heavy atom. The van der Waals surface area contributed by atoms with Crippen LogP contribution in [0.25, 0.3) is 0 Å². The standard InChI is InChI=1S/C12H16N2O3S/c1-18(16,17)11-5-3-2-4-10(11)14-12(15)13-8-9-6-7-9/h2-5,9H,6-8H2,1H3,(H2,13,14,15). The van der Waals surface area contributed by atoms with Gasteiger partial charge in [0.15, 0.2) is 9.84 Å². The summed E-state index contributed by atoms with van der Waals surface area (Å²) in [7, 11) is -3.34. The smallest absolute Gasteiger partial charge is 0.319 e. The average Bonchev–Trinajstić information content (AvgIpc) is 3.09. The molecule has 5 nitrogen and oxygen atoms in total. The lowest BCUT2D eigenvalue weighted by Gasteiger charge is -2.10. The molecule has 2 N–H and O–H groups in total. The Kier molecular flexibility index (Phi) is 3.56. The number of carbonyl (C=O) groups is 1. The summed E-state index contributed by atoms with van der Waals surface area (Å²) in [6.07, 6.45) is 3.43. The number of anilines is 1. The summed E-state index contributed by atoms with van der Waals surface area (Å²) in [5.41, 5.74) is 0.313. The van der Waals surface area contributed by atoms with Crippen LogP contribution in [0.3, 0.4) is 0 Å². The zero-order valence-electron chi connectivity index (χ0n) is 10.1. The predicted octanol–water partition coefficient (Wildman–Crippen LogP) is 1.62. The normalized spacial score (nSPS) is 15.2. The van der Waals surface area contributed by atoms with Crippen molar-refractivity contribution < 1.29 is 13.2 Å². The van der Waals surface area contributed by atoms with Crippen molar-refractivity contribution in [3.8, 4) is 0 Å². The van der Waals surface area contributed by atoms with Crippen molar-refractivity contribution in [1.82, 2.24) is 5.32 Å². The number of benzene rings is 1. The number of urea groups is 1. The van der Waals surface area contributed by atoms with Gasteiger partial charge >= 0.3 is 6.03 Å². The fraction of sp³-hybridized carbons (Fsp3) is 0.417. The van der Waals surface area contributed by atoms with E-state index in [-0.39, 0.29) is 10.9 Å². The maximum Gasteiger partial charge on any atom is 0.319 e. The highest BCUT2D eigenvalue weighted by atomic mass is 32.2. The van der Waals surface area contributed by atoms with E-state index in [2.05, 4.69) is 10.6 Å². The number of carbonyl (C=O) groups excluding carboxylic acids is 1. The Morgan fingerprint density at radius 3 is 2.61 bits per heavy atom. The second-order valence-electron chi connectivity index (χ2n) is 4.55. The van der Waals surface area contributed by atoms with Crippen molar-refractivity contribution in [3.63, 3.8) is 0 Å². The molecular formula is C12H16N2O3S. The van der Waals surface area contributed by atoms with Gasteiger partial charge in [-0.25, -0.2) is 13.2 Å². The Hall–Kier alpha value is -1.56. The van der Waals surface area contributed by atoms with Gasteiger partial charge in [0.1, 0.15) is 0 Å². The van der Waals surface area contributed by atoms with Gasteiger partial charge in [0.05, 0.1) is 10.6 Å². The molecule has 98 valence electrons. The lowest BCUT2D eigenvalue weighted by atomic mass is 10.3. The van der Waals surface area contributed by atoms with Crippen LogP contribution < -0.4 is 10.6 Å². The van der Waals surface area contributed by atoms with Crippen molar-refractivity contribution in [2.24, 2.45) is 5.92 Å². The van der Waals surface area contributed by atoms with Crippen LogP contribution in [0.2, 0.25) is 0 Å². The van der Waals surface area contributed by atoms with Crippen LogP contribution >= 0.6 is 0 Å². The van der Waals surface area contributed by atoms with Crippen molar-refractivity contribution in [3.05, 3.63) is 24.3 Å². The molecule has 0 bridgehead atoms. The van der Waals surface area contributed by atoms with Crippen molar-refractivity contribution >= 4 is 21.6 Å². The maximum absolute atomic E-state index is 11.6. The van der Waals surface area contributed by atoms with Gasteiger partial charge in [-0.05, 0) is 30.9 Å². The fourth-order valence-corrected chi connectivity index (χ4v) is 2.46. The molecule has 18 heavy (non-hydrogen) atoms. The van der Waals surface area contributed by atoms with E-state index in [1.165, 1.54) is 6.07 Å². The van der Waals surface area contributed by atoms with E-state index in [0.717, 1.165) is 19.1 Å². The third-order valence-electron chi connectivity index (χ3n) is 2.78. The number of nitrogens with one attached hydrogen (secondary N) is 2. The number of hydrogen-bond donors (Lipinski definition) is 2. The Balaban J connectivity index is 2.05. The third-order valence-corrected chi connectivity index (χ3v) is 3.94. The molecule has 0 spiro atoms. The van der Waals surface area contributed by atoms with E-state index in [9.17, 15) is 13.2 Å². The Labute approximate surface area is 107 Å². The number of amides is 2. The second-order valence-corrected chi connectivity index (χ2v) is 6.53. The molecular weight excluding hydrogens is 252 g/mol. The molecule has 2 amide bonds. The minimum atomic E-state index is -3.34. The summed E-state index contributed by atoms with van der Waals surface area (Å²) in [6.45, 7) is 0.646. The van der Waals surface area contributed by atoms with Gasteiger partial charge in [0.2, 0.25) is 0 Å². The van der Waals surface area contributed by atoms with Crippen molar-refractivity contribution in [2.75, 3.05) is 18.1 Å². The zero-order valence-corrected chi connectivity index (χ0v) is 11.0. The number of hydrogen-bond acceptors (Lipinski definition) is 3. The van der Waals surface area contributed by atoms with Gasteiger partial charge in [0.25, 0.3) is 0 Å². The molecule has 1 aromatic carbocycles. The lowest BCUT2D eigenvalue weighted by Crippen LogP contribution is -2.30. The van der Waals surface area contributed by atoms with Gasteiger partial charge < -0.3 is 10.6 Å². The highest BCUT2D eigenvalue weighted by Crippen LogP contribution is 2.27. The topological polar surface area (TPSA) is 75.3 Å². The summed E-state index contributed by atoms with van der Waals surface area (Å²) < 4.78 is 23.1. The van der Waals surface area contributed by atoms with Gasteiger partial charge in [0, 0.05) is 12.8 Å². The first-order valence-corrected chi connectivity index (χ1v) is 7.70. The molecule has 6 heteroatoms. The molecule has 0 radical (unpaired) electrons. The zero-order chi connectivity index (χ0) is 13.2. The van der Waals surface area contributed by atoms with Crippen LogP contribution in [0.4, 0.5) is 10.5 Å². The number of para-hydroxylation sites is 1. The van der Waals surface area contributed by atoms with Gasteiger partial charge in [-0.1, -0.05) is 12.1 Å². The van der Waals surface area contributed by atoms with E-state index in [0.29, 0.717) is 18.2 Å². The summed E-state index contributed by atoms with van der Waals surface area (Å²) in [5.74, 6) is 0.584. The Morgan fingerprint density at radius 1 is 1.33 bits per heavy atom. The van der Waals surface area contributed by atoms with Gasteiger partial charge in [-0.15, -0.1) is 0 Å². The van der Waals surface area contributed by atoms with E-state index in [1.54, 1.807) is 18.2 Å². The first-order chi connectivity index (χ1) is 8.47. The molecule has 1 saturated carbocycles. The molecule has 0 saturated heterocycles. The summed E-state index contributed by atoms with van der Waals surface area (Å²) in [5, 5.41) is 5.30. The third kappa shape index (κ3) is 3.46. The lowest BCUT2D eigenvalue weighted by molar-refractivity contribution is 0.251. The van der Waals surface area contributed by atoms with Crippen molar-refractivity contribution in [2.45, 2.75) is 17.7 Å². The summed E-state index contributed by atoms with van der Waals surface area (Å²) >= 11 is 0. The van der Waals surface area contributed by atoms with E-state index >= 15 is 0 Å². The van der Waals surface area contributed by atoms with E-state index < -0.39 is 9.84 Å². The molecule has 0 aliphatic heterocycles. The number of rotatable bonds is 4. The predicted molar refractivity (Wildman–Crippen MR) is 69.3 cm³/mol. The molecule has 0 heterocycles. The molecule has 1 aromatic rings. The van der Waals surface area contributed by atoms with E-state index in [1.807, 2.05) is 0 Å². The molecule has 1 aliphatic carbocycles.